The van der Waals surface area contributed by atoms with Gasteiger partial charge in [0.05, 0.1) is 28.3 Å². The summed E-state index contributed by atoms with van der Waals surface area (Å²) in [4.78, 5) is 14.5. The summed E-state index contributed by atoms with van der Waals surface area (Å²) < 4.78 is 40.7. The molecule has 2 heterocycles. The molecule has 0 amide bonds. The van der Waals surface area contributed by atoms with Crippen LogP contribution in [0.25, 0.3) is 10.9 Å². The smallest absolute Gasteiger partial charge is 0.348 e. The first-order valence-electron chi connectivity index (χ1n) is 9.18. The fourth-order valence-electron chi connectivity index (χ4n) is 3.68. The molecule has 4 rings (SSSR count). The molecule has 0 aliphatic carbocycles. The number of anilines is 1. The summed E-state index contributed by atoms with van der Waals surface area (Å²) in [7, 11) is 1.67. The minimum absolute atomic E-state index is 0.0572. The lowest BCUT2D eigenvalue weighted by atomic mass is 10.1. The molecule has 1 N–H and O–H groups in total. The number of aromatic nitrogens is 1. The number of nitrogens with one attached hydrogen (secondary N) is 1. The van der Waals surface area contributed by atoms with Crippen LogP contribution in [-0.4, -0.2) is 21.6 Å². The number of pyridine rings is 1. The van der Waals surface area contributed by atoms with E-state index in [0.29, 0.717) is 12.1 Å². The van der Waals surface area contributed by atoms with Crippen molar-refractivity contribution < 1.29 is 13.2 Å². The van der Waals surface area contributed by atoms with Gasteiger partial charge < -0.3 is 14.8 Å². The van der Waals surface area contributed by atoms with Crippen molar-refractivity contribution in [3.05, 3.63) is 74.5 Å². The zero-order valence-electron chi connectivity index (χ0n) is 15.9. The summed E-state index contributed by atoms with van der Waals surface area (Å²) >= 11 is 11.4. The second-order valence-electron chi connectivity index (χ2n) is 7.21. The van der Waals surface area contributed by atoms with Gasteiger partial charge in [0.25, 0.3) is 5.56 Å². The van der Waals surface area contributed by atoms with Crippen molar-refractivity contribution in [2.45, 2.75) is 25.7 Å². The number of hydrogen-bond acceptors (Lipinski definition) is 2. The molecule has 156 valence electrons. The van der Waals surface area contributed by atoms with E-state index < -0.39 is 11.7 Å². The quantitative estimate of drug-likeness (QED) is 0.565. The number of alkyl halides is 3. The van der Waals surface area contributed by atoms with Gasteiger partial charge in [-0.15, -0.1) is 0 Å². The summed E-state index contributed by atoms with van der Waals surface area (Å²) in [5, 5.41) is 4.01. The number of nitrogens with zero attached hydrogens (tertiary/aromatic N) is 2. The van der Waals surface area contributed by atoms with Gasteiger partial charge in [0.15, 0.2) is 5.11 Å². The molecule has 9 heteroatoms. The van der Waals surface area contributed by atoms with Crippen LogP contribution in [-0.2, 0) is 25.7 Å². The predicted molar refractivity (Wildman–Crippen MR) is 116 cm³/mol. The lowest BCUT2D eigenvalue weighted by Crippen LogP contribution is -2.34. The van der Waals surface area contributed by atoms with Crippen LogP contribution in [0.15, 0.2) is 47.3 Å². The summed E-state index contributed by atoms with van der Waals surface area (Å²) in [5.74, 6) is 0. The van der Waals surface area contributed by atoms with Crippen LogP contribution in [0.2, 0.25) is 5.02 Å². The summed E-state index contributed by atoms with van der Waals surface area (Å²) in [6.45, 7) is 0.843. The second-order valence-corrected chi connectivity index (χ2v) is 8.00. The van der Waals surface area contributed by atoms with Crippen LogP contribution >= 0.6 is 23.8 Å². The summed E-state index contributed by atoms with van der Waals surface area (Å²) in [6.07, 6.45) is -3.67. The third-order valence-corrected chi connectivity index (χ3v) is 5.91. The SMILES string of the molecule is CN(Cc1cc2cccc3c2n(c1=O)CC3)C(=S)Nc1cc(C(F)(F)F)ccc1Cl. The molecule has 0 saturated heterocycles. The Morgan fingerprint density at radius 3 is 2.77 bits per heavy atom. The number of aryl methyl sites for hydroxylation is 2. The zero-order chi connectivity index (χ0) is 21.6. The molecular weight excluding hydrogens is 435 g/mol. The molecule has 30 heavy (non-hydrogen) atoms. The van der Waals surface area contributed by atoms with Crippen molar-refractivity contribution in [2.75, 3.05) is 12.4 Å². The van der Waals surface area contributed by atoms with Gasteiger partial charge in [0, 0.05) is 19.2 Å². The van der Waals surface area contributed by atoms with Crippen molar-refractivity contribution in [1.29, 1.82) is 0 Å². The van der Waals surface area contributed by atoms with Crippen molar-refractivity contribution >= 4 is 45.5 Å². The maximum atomic E-state index is 13.0. The highest BCUT2D eigenvalue weighted by molar-refractivity contribution is 7.80. The molecule has 1 aliphatic heterocycles. The van der Waals surface area contributed by atoms with Crippen LogP contribution in [0, 0.1) is 0 Å². The number of para-hydroxylation sites is 1. The number of hydrogen-bond donors (Lipinski definition) is 1. The fourth-order valence-corrected chi connectivity index (χ4v) is 4.02. The number of halogens is 4. The molecule has 1 aromatic heterocycles. The molecule has 3 aromatic rings. The van der Waals surface area contributed by atoms with E-state index in [1.54, 1.807) is 16.5 Å². The van der Waals surface area contributed by atoms with Crippen molar-refractivity contribution in [3.63, 3.8) is 0 Å². The Morgan fingerprint density at radius 1 is 1.27 bits per heavy atom. The molecule has 0 unspecified atom stereocenters. The Balaban J connectivity index is 1.57. The predicted octanol–water partition coefficient (Wildman–Crippen LogP) is 5.06. The molecular formula is C21H17ClF3N3OS. The minimum Gasteiger partial charge on any atom is -0.348 e. The largest absolute Gasteiger partial charge is 0.416 e. The van der Waals surface area contributed by atoms with Crippen molar-refractivity contribution in [1.82, 2.24) is 9.47 Å². The van der Waals surface area contributed by atoms with Gasteiger partial charge in [-0.05, 0) is 53.9 Å². The molecule has 2 aromatic carbocycles. The van der Waals surface area contributed by atoms with Gasteiger partial charge in [-0.1, -0.05) is 29.8 Å². The lowest BCUT2D eigenvalue weighted by molar-refractivity contribution is -0.137. The van der Waals surface area contributed by atoms with Gasteiger partial charge in [0.2, 0.25) is 0 Å². The molecule has 0 fully saturated rings. The highest BCUT2D eigenvalue weighted by Gasteiger charge is 2.31. The molecule has 0 radical (unpaired) electrons. The van der Waals surface area contributed by atoms with Gasteiger partial charge in [-0.25, -0.2) is 0 Å². The molecule has 0 spiro atoms. The Morgan fingerprint density at radius 2 is 2.03 bits per heavy atom. The van der Waals surface area contributed by atoms with Crippen LogP contribution in [0.1, 0.15) is 16.7 Å². The Labute approximate surface area is 180 Å². The highest BCUT2D eigenvalue weighted by atomic mass is 35.5. The summed E-state index contributed by atoms with van der Waals surface area (Å²) in [5.41, 5.74) is 1.82. The topological polar surface area (TPSA) is 37.3 Å². The molecule has 0 atom stereocenters. The van der Waals surface area contributed by atoms with Gasteiger partial charge in [-0.2, -0.15) is 13.2 Å². The zero-order valence-corrected chi connectivity index (χ0v) is 17.5. The second kappa shape index (κ2) is 7.59. The van der Waals surface area contributed by atoms with E-state index in [-0.39, 0.29) is 27.9 Å². The number of benzene rings is 2. The van der Waals surface area contributed by atoms with E-state index in [9.17, 15) is 18.0 Å². The van der Waals surface area contributed by atoms with E-state index in [1.165, 1.54) is 6.07 Å². The van der Waals surface area contributed by atoms with Gasteiger partial charge >= 0.3 is 6.18 Å². The third-order valence-electron chi connectivity index (χ3n) is 5.16. The normalized spacial score (nSPS) is 13.0. The molecule has 0 bridgehead atoms. The number of thiocarbonyl (C=S) groups is 1. The average molecular weight is 452 g/mol. The standard InChI is InChI=1S/C21H17ClF3N3OS/c1-27(20(30)26-17-10-15(21(23,24)25)5-6-16(17)22)11-14-9-13-4-2-3-12-7-8-28(18(12)13)19(14)29/h2-6,9-10H,7-8,11H2,1H3,(H,26,30). The maximum absolute atomic E-state index is 13.0. The Hall–Kier alpha value is -2.58. The molecule has 1 aliphatic rings. The van der Waals surface area contributed by atoms with Crippen molar-refractivity contribution in [3.8, 4) is 0 Å². The first-order chi connectivity index (χ1) is 14.1. The Bertz CT molecular complexity index is 1220. The van der Waals surface area contributed by atoms with Crippen LogP contribution < -0.4 is 10.9 Å². The van der Waals surface area contributed by atoms with E-state index in [4.69, 9.17) is 23.8 Å². The van der Waals surface area contributed by atoms with Crippen molar-refractivity contribution in [2.24, 2.45) is 0 Å². The minimum atomic E-state index is -4.49. The maximum Gasteiger partial charge on any atom is 0.416 e. The van der Waals surface area contributed by atoms with E-state index in [2.05, 4.69) is 5.32 Å². The fraction of sp³-hybridized carbons (Fsp3) is 0.238. The molecule has 4 nitrogen and oxygen atoms in total. The van der Waals surface area contributed by atoms with Gasteiger partial charge in [-0.3, -0.25) is 4.79 Å². The third kappa shape index (κ3) is 3.77. The van der Waals surface area contributed by atoms with Crippen LogP contribution in [0.4, 0.5) is 18.9 Å². The van der Waals surface area contributed by atoms with Crippen LogP contribution in [0.3, 0.4) is 0 Å². The Kier molecular flexibility index (Phi) is 5.23. The average Bonchev–Trinajstić information content (AvgIpc) is 3.12. The van der Waals surface area contributed by atoms with E-state index >= 15 is 0 Å². The first-order valence-corrected chi connectivity index (χ1v) is 9.97. The van der Waals surface area contributed by atoms with Gasteiger partial charge in [0.1, 0.15) is 0 Å². The monoisotopic (exact) mass is 451 g/mol. The van der Waals surface area contributed by atoms with E-state index in [1.807, 2.05) is 24.3 Å². The lowest BCUT2D eigenvalue weighted by Gasteiger charge is -2.22. The number of rotatable bonds is 3. The van der Waals surface area contributed by atoms with Crippen LogP contribution in [0.5, 0.6) is 0 Å². The first kappa shape index (κ1) is 20.7. The highest BCUT2D eigenvalue weighted by Crippen LogP contribution is 2.34. The van der Waals surface area contributed by atoms with E-state index in [0.717, 1.165) is 35.0 Å². The summed E-state index contributed by atoms with van der Waals surface area (Å²) in [6, 6.07) is 10.8. The molecule has 0 saturated carbocycles.